The predicted molar refractivity (Wildman–Crippen MR) is 144 cm³/mol. The van der Waals surface area contributed by atoms with Gasteiger partial charge in [-0.2, -0.15) is 0 Å². The molecule has 1 aliphatic heterocycles. The number of likely N-dealkylation sites (N-methyl/N-ethyl adjacent to an activating group) is 1. The fraction of sp³-hybridized carbons (Fsp3) is 0.481. The lowest BCUT2D eigenvalue weighted by Crippen LogP contribution is -2.44. The molecule has 0 unspecified atom stereocenters. The Morgan fingerprint density at radius 2 is 1.71 bits per heavy atom. The van der Waals surface area contributed by atoms with Crippen LogP contribution in [0.25, 0.3) is 20.8 Å². The van der Waals surface area contributed by atoms with Crippen LogP contribution in [0.1, 0.15) is 38.1 Å². The third-order valence-electron chi connectivity index (χ3n) is 6.62. The Labute approximate surface area is 207 Å². The average Bonchev–Trinajstić information content (AvgIpc) is 3.25. The standard InChI is InChI=1S/C27H37N5OS/c1-19(2)32(20(3)4)13-12-28-26(33)22-8-11-24-25(18-22)34-27(29-24)21-6-9-23(10-7-21)31-16-14-30(5)15-17-31/h6-11,18-20H,12-17H2,1-5H3,(H,28,33). The Bertz CT molecular complexity index is 1090. The fourth-order valence-corrected chi connectivity index (χ4v) is 5.59. The molecule has 0 aliphatic carbocycles. The number of thiazole rings is 1. The number of nitrogens with one attached hydrogen (secondary N) is 1. The quantitative estimate of drug-likeness (QED) is 0.513. The summed E-state index contributed by atoms with van der Waals surface area (Å²) in [5, 5.41) is 4.07. The van der Waals surface area contributed by atoms with Crippen molar-refractivity contribution in [3.63, 3.8) is 0 Å². The number of rotatable bonds is 8. The first-order chi connectivity index (χ1) is 16.3. The summed E-state index contributed by atoms with van der Waals surface area (Å²) in [6.07, 6.45) is 0. The zero-order chi connectivity index (χ0) is 24.2. The van der Waals surface area contributed by atoms with Gasteiger partial charge in [0.05, 0.1) is 10.2 Å². The Morgan fingerprint density at radius 1 is 1.03 bits per heavy atom. The molecule has 1 saturated heterocycles. The minimum atomic E-state index is -0.0270. The number of carbonyl (C=O) groups is 1. The predicted octanol–water partition coefficient (Wildman–Crippen LogP) is 4.56. The largest absolute Gasteiger partial charge is 0.369 e. The number of hydrogen-bond acceptors (Lipinski definition) is 6. The van der Waals surface area contributed by atoms with Crippen molar-refractivity contribution < 1.29 is 4.79 Å². The van der Waals surface area contributed by atoms with Gasteiger partial charge in [-0.1, -0.05) is 0 Å². The first-order valence-corrected chi connectivity index (χ1v) is 13.1. The molecule has 0 saturated carbocycles. The van der Waals surface area contributed by atoms with E-state index < -0.39 is 0 Å². The van der Waals surface area contributed by atoms with Crippen molar-refractivity contribution >= 4 is 33.1 Å². The lowest BCUT2D eigenvalue weighted by atomic mass is 10.2. The maximum Gasteiger partial charge on any atom is 0.251 e. The third-order valence-corrected chi connectivity index (χ3v) is 7.68. The van der Waals surface area contributed by atoms with E-state index >= 15 is 0 Å². The van der Waals surface area contributed by atoms with Gasteiger partial charge in [0.25, 0.3) is 5.91 Å². The highest BCUT2D eigenvalue weighted by Crippen LogP contribution is 2.32. The Morgan fingerprint density at radius 3 is 2.35 bits per heavy atom. The van der Waals surface area contributed by atoms with Gasteiger partial charge in [-0.15, -0.1) is 11.3 Å². The van der Waals surface area contributed by atoms with Crippen LogP contribution in [0.5, 0.6) is 0 Å². The number of fused-ring (bicyclic) bond motifs is 1. The smallest absolute Gasteiger partial charge is 0.251 e. The van der Waals surface area contributed by atoms with Gasteiger partial charge in [0.1, 0.15) is 5.01 Å². The zero-order valence-electron chi connectivity index (χ0n) is 21.0. The monoisotopic (exact) mass is 479 g/mol. The van der Waals surface area contributed by atoms with Crippen LogP contribution in [0.15, 0.2) is 42.5 Å². The van der Waals surface area contributed by atoms with Crippen LogP contribution in [-0.2, 0) is 0 Å². The summed E-state index contributed by atoms with van der Waals surface area (Å²) in [6.45, 7) is 14.6. The lowest BCUT2D eigenvalue weighted by molar-refractivity contribution is 0.0939. The van der Waals surface area contributed by atoms with E-state index in [1.54, 1.807) is 11.3 Å². The molecule has 1 N–H and O–H groups in total. The molecule has 34 heavy (non-hydrogen) atoms. The molecule has 0 spiro atoms. The van der Waals surface area contributed by atoms with Gasteiger partial charge in [-0.25, -0.2) is 4.98 Å². The second-order valence-corrected chi connectivity index (χ2v) is 10.8. The van der Waals surface area contributed by atoms with Crippen LogP contribution in [0, 0.1) is 0 Å². The molecule has 2 heterocycles. The van der Waals surface area contributed by atoms with Crippen LogP contribution in [0.3, 0.4) is 0 Å². The van der Waals surface area contributed by atoms with E-state index in [2.05, 4.69) is 79.0 Å². The maximum atomic E-state index is 12.7. The van der Waals surface area contributed by atoms with Gasteiger partial charge in [0.2, 0.25) is 0 Å². The summed E-state index contributed by atoms with van der Waals surface area (Å²) < 4.78 is 1.04. The summed E-state index contributed by atoms with van der Waals surface area (Å²) in [6, 6.07) is 15.4. The molecule has 3 aromatic rings. The zero-order valence-corrected chi connectivity index (χ0v) is 21.9. The van der Waals surface area contributed by atoms with Crippen molar-refractivity contribution in [2.45, 2.75) is 39.8 Å². The summed E-state index contributed by atoms with van der Waals surface area (Å²) in [7, 11) is 2.18. The van der Waals surface area contributed by atoms with Crippen molar-refractivity contribution in [2.75, 3.05) is 51.2 Å². The Kier molecular flexibility index (Phi) is 7.86. The minimum Gasteiger partial charge on any atom is -0.369 e. The fourth-order valence-electron chi connectivity index (χ4n) is 4.58. The van der Waals surface area contributed by atoms with E-state index in [1.165, 1.54) is 5.69 Å². The van der Waals surface area contributed by atoms with Gasteiger partial charge in [-0.3, -0.25) is 9.69 Å². The number of aromatic nitrogens is 1. The number of carbonyl (C=O) groups excluding carboxylic acids is 1. The highest BCUT2D eigenvalue weighted by molar-refractivity contribution is 7.21. The van der Waals surface area contributed by atoms with Crippen LogP contribution in [0.4, 0.5) is 5.69 Å². The topological polar surface area (TPSA) is 51.7 Å². The highest BCUT2D eigenvalue weighted by Gasteiger charge is 2.16. The van der Waals surface area contributed by atoms with Crippen LogP contribution in [-0.4, -0.2) is 79.1 Å². The molecule has 182 valence electrons. The van der Waals surface area contributed by atoms with Crippen LogP contribution >= 0.6 is 11.3 Å². The van der Waals surface area contributed by atoms with E-state index in [-0.39, 0.29) is 5.91 Å². The van der Waals surface area contributed by atoms with Gasteiger partial charge in [0, 0.05) is 68.2 Å². The average molecular weight is 480 g/mol. The van der Waals surface area contributed by atoms with Gasteiger partial charge in [0.15, 0.2) is 0 Å². The SMILES string of the molecule is CC(C)N(CCNC(=O)c1ccc2nc(-c3ccc(N4CCN(C)CC4)cc3)sc2c1)C(C)C. The number of anilines is 1. The second kappa shape index (κ2) is 10.8. The van der Waals surface area contributed by atoms with Crippen LogP contribution < -0.4 is 10.2 Å². The molecule has 7 heteroatoms. The lowest BCUT2D eigenvalue weighted by Gasteiger charge is -2.34. The molecule has 0 radical (unpaired) electrons. The van der Waals surface area contributed by atoms with E-state index in [1.807, 2.05) is 18.2 Å². The normalized spacial score (nSPS) is 15.1. The summed E-state index contributed by atoms with van der Waals surface area (Å²) in [5.74, 6) is -0.0270. The van der Waals surface area contributed by atoms with E-state index in [0.717, 1.165) is 53.5 Å². The summed E-state index contributed by atoms with van der Waals surface area (Å²) in [5.41, 5.74) is 4.01. The van der Waals surface area contributed by atoms with Crippen molar-refractivity contribution in [1.82, 2.24) is 20.1 Å². The second-order valence-electron chi connectivity index (χ2n) is 9.72. The first kappa shape index (κ1) is 24.6. The molecule has 1 fully saturated rings. The van der Waals surface area contributed by atoms with Crippen molar-refractivity contribution in [3.8, 4) is 10.6 Å². The number of nitrogens with zero attached hydrogens (tertiary/aromatic N) is 4. The van der Waals surface area contributed by atoms with Crippen molar-refractivity contribution in [1.29, 1.82) is 0 Å². The molecule has 1 amide bonds. The molecule has 6 nitrogen and oxygen atoms in total. The number of piperazine rings is 1. The van der Waals surface area contributed by atoms with Crippen molar-refractivity contribution in [3.05, 3.63) is 48.0 Å². The molecule has 1 aliphatic rings. The van der Waals surface area contributed by atoms with Crippen molar-refractivity contribution in [2.24, 2.45) is 0 Å². The van der Waals surface area contributed by atoms with E-state index in [9.17, 15) is 4.79 Å². The third kappa shape index (κ3) is 5.77. The molecule has 1 aromatic heterocycles. The molecule has 0 bridgehead atoms. The minimum absolute atomic E-state index is 0.0270. The maximum absolute atomic E-state index is 12.7. The summed E-state index contributed by atoms with van der Waals surface area (Å²) in [4.78, 5) is 24.8. The molecular formula is C27H37N5OS. The number of benzene rings is 2. The molecule has 0 atom stereocenters. The summed E-state index contributed by atoms with van der Waals surface area (Å²) >= 11 is 1.64. The van der Waals surface area contributed by atoms with E-state index in [0.29, 0.717) is 24.2 Å². The molecule has 2 aromatic carbocycles. The molecule has 4 rings (SSSR count). The number of amides is 1. The van der Waals surface area contributed by atoms with Crippen LogP contribution in [0.2, 0.25) is 0 Å². The number of hydrogen-bond donors (Lipinski definition) is 1. The Hall–Kier alpha value is -2.48. The molecular weight excluding hydrogens is 442 g/mol. The van der Waals surface area contributed by atoms with Gasteiger partial charge < -0.3 is 15.1 Å². The van der Waals surface area contributed by atoms with Gasteiger partial charge in [-0.05, 0) is 77.2 Å². The first-order valence-electron chi connectivity index (χ1n) is 12.3. The Balaban J connectivity index is 1.41. The van der Waals surface area contributed by atoms with Gasteiger partial charge >= 0.3 is 0 Å². The van der Waals surface area contributed by atoms with E-state index in [4.69, 9.17) is 4.98 Å². The highest BCUT2D eigenvalue weighted by atomic mass is 32.1.